The zero-order chi connectivity index (χ0) is 23.2. The second-order valence-electron chi connectivity index (χ2n) is 10.5. The van der Waals surface area contributed by atoms with E-state index in [1.807, 2.05) is 13.1 Å². The fraction of sp³-hybridized carbons (Fsp3) is 0.538. The van der Waals surface area contributed by atoms with Crippen molar-refractivity contribution in [2.24, 2.45) is 5.41 Å². The number of likely N-dealkylation sites (tertiary alicyclic amines) is 1. The highest BCUT2D eigenvalue weighted by Crippen LogP contribution is 2.38. The Morgan fingerprint density at radius 3 is 2.82 bits per heavy atom. The van der Waals surface area contributed by atoms with Gasteiger partial charge < -0.3 is 14.6 Å². The lowest BCUT2D eigenvalue weighted by molar-refractivity contribution is -0.120. The van der Waals surface area contributed by atoms with Gasteiger partial charge in [0, 0.05) is 55.1 Å². The number of nitrogens with one attached hydrogen (secondary N) is 2. The van der Waals surface area contributed by atoms with Crippen LogP contribution in [0.15, 0.2) is 24.3 Å². The van der Waals surface area contributed by atoms with Crippen molar-refractivity contribution in [2.45, 2.75) is 52.1 Å². The van der Waals surface area contributed by atoms with Crippen molar-refractivity contribution in [1.82, 2.24) is 20.1 Å². The minimum atomic E-state index is 0.112. The highest BCUT2D eigenvalue weighted by atomic mass is 16.5. The van der Waals surface area contributed by atoms with Gasteiger partial charge in [-0.25, -0.2) is 0 Å². The first-order valence-electron chi connectivity index (χ1n) is 12.0. The molecule has 33 heavy (non-hydrogen) atoms. The smallest absolute Gasteiger partial charge is 0.240 e. The second-order valence-corrected chi connectivity index (χ2v) is 10.5. The number of nitrogens with zero attached hydrogens (tertiary/aromatic N) is 3. The number of amides is 1. The predicted molar refractivity (Wildman–Crippen MR) is 132 cm³/mol. The number of benzene rings is 1. The van der Waals surface area contributed by atoms with Crippen molar-refractivity contribution in [3.8, 4) is 11.4 Å². The zero-order valence-corrected chi connectivity index (χ0v) is 20.2. The molecule has 1 aliphatic heterocycles. The molecule has 0 radical (unpaired) electrons. The van der Waals surface area contributed by atoms with Crippen LogP contribution in [-0.2, 0) is 22.4 Å². The molecule has 0 bridgehead atoms. The number of aromatic nitrogens is 3. The Labute approximate surface area is 195 Å². The van der Waals surface area contributed by atoms with Crippen LogP contribution in [0.2, 0.25) is 0 Å². The number of carbonyl (C=O) groups excluding carboxylic acids is 1. The van der Waals surface area contributed by atoms with Crippen molar-refractivity contribution >= 4 is 22.5 Å². The number of carbonyl (C=O) groups is 1. The summed E-state index contributed by atoms with van der Waals surface area (Å²) < 4.78 is 5.44. The molecule has 0 unspecified atom stereocenters. The fourth-order valence-electron chi connectivity index (χ4n) is 5.27. The van der Waals surface area contributed by atoms with E-state index in [-0.39, 0.29) is 5.91 Å². The number of hydrogen-bond donors (Lipinski definition) is 2. The van der Waals surface area contributed by atoms with Crippen LogP contribution in [0, 0.1) is 5.41 Å². The first-order chi connectivity index (χ1) is 15.8. The van der Waals surface area contributed by atoms with Gasteiger partial charge in [0.1, 0.15) is 5.69 Å². The molecule has 0 atom stereocenters. The lowest BCUT2D eigenvalue weighted by Crippen LogP contribution is -2.43. The van der Waals surface area contributed by atoms with Crippen LogP contribution in [0.5, 0.6) is 0 Å². The Balaban J connectivity index is 1.32. The van der Waals surface area contributed by atoms with Crippen LogP contribution < -0.4 is 4.90 Å². The van der Waals surface area contributed by atoms with Gasteiger partial charge in [-0.05, 0) is 55.7 Å². The molecule has 1 aliphatic carbocycles. The number of likely N-dealkylation sites (N-methyl/N-ethyl adjacent to an activating group) is 1. The predicted octanol–water partition coefficient (Wildman–Crippen LogP) is 4.15. The van der Waals surface area contributed by atoms with E-state index in [1.165, 1.54) is 17.7 Å². The summed E-state index contributed by atoms with van der Waals surface area (Å²) >= 11 is 0. The van der Waals surface area contributed by atoms with Crippen molar-refractivity contribution < 1.29 is 9.53 Å². The van der Waals surface area contributed by atoms with Crippen LogP contribution >= 0.6 is 0 Å². The Hall–Kier alpha value is -2.64. The maximum absolute atomic E-state index is 12.9. The van der Waals surface area contributed by atoms with Crippen LogP contribution in [0.3, 0.4) is 0 Å². The standard InChI is InChI=1S/C26H35N5O2/c1-26(2)10-7-20-23(15-26)28-29-25(20)22-13-17-5-6-18(14-21(17)27-22)30(3)24(32)16-31-11-8-19(33-4)9-12-31/h5-6,13-14,19,27H,7-12,15-16H2,1-4H3,(H,28,29). The minimum absolute atomic E-state index is 0.112. The molecule has 0 spiro atoms. The van der Waals surface area contributed by atoms with Crippen LogP contribution in [-0.4, -0.2) is 65.9 Å². The van der Waals surface area contributed by atoms with Gasteiger partial charge in [-0.2, -0.15) is 5.10 Å². The molecule has 1 aromatic carbocycles. The van der Waals surface area contributed by atoms with E-state index in [0.717, 1.165) is 66.8 Å². The van der Waals surface area contributed by atoms with Gasteiger partial charge in [0.05, 0.1) is 18.3 Å². The molecule has 2 aliphatic rings. The third-order valence-electron chi connectivity index (χ3n) is 7.51. The van der Waals surface area contributed by atoms with Gasteiger partial charge in [-0.15, -0.1) is 0 Å². The molecule has 7 nitrogen and oxygen atoms in total. The average Bonchev–Trinajstić information content (AvgIpc) is 3.41. The highest BCUT2D eigenvalue weighted by Gasteiger charge is 2.29. The summed E-state index contributed by atoms with van der Waals surface area (Å²) in [5, 5.41) is 9.06. The molecular weight excluding hydrogens is 414 g/mol. The largest absolute Gasteiger partial charge is 0.381 e. The average molecular weight is 450 g/mol. The Morgan fingerprint density at radius 2 is 2.06 bits per heavy atom. The molecule has 1 saturated heterocycles. The lowest BCUT2D eigenvalue weighted by Gasteiger charge is -2.31. The Kier molecular flexibility index (Phi) is 5.79. The third-order valence-corrected chi connectivity index (χ3v) is 7.51. The number of anilines is 1. The van der Waals surface area contributed by atoms with Crippen LogP contribution in [0.1, 0.15) is 44.4 Å². The molecule has 1 fully saturated rings. The molecule has 7 heteroatoms. The number of rotatable bonds is 5. The SMILES string of the molecule is COC1CCN(CC(=O)N(C)c2ccc3cc(-c4n[nH]c5c4CCC(C)(C)C5)[nH]c3c2)CC1. The van der Waals surface area contributed by atoms with Crippen molar-refractivity contribution in [3.63, 3.8) is 0 Å². The summed E-state index contributed by atoms with van der Waals surface area (Å²) in [5.74, 6) is 0.112. The topological polar surface area (TPSA) is 77.2 Å². The van der Waals surface area contributed by atoms with Crippen molar-refractivity contribution in [2.75, 3.05) is 38.7 Å². The molecule has 5 rings (SSSR count). The molecular formula is C26H35N5O2. The monoisotopic (exact) mass is 449 g/mol. The van der Waals surface area contributed by atoms with E-state index in [1.54, 1.807) is 12.0 Å². The Morgan fingerprint density at radius 1 is 1.27 bits per heavy atom. The summed E-state index contributed by atoms with van der Waals surface area (Å²) in [4.78, 5) is 20.5. The number of hydrogen-bond acceptors (Lipinski definition) is 4. The number of aromatic amines is 2. The van der Waals surface area contributed by atoms with E-state index in [9.17, 15) is 4.79 Å². The van der Waals surface area contributed by atoms with Gasteiger partial charge in [0.25, 0.3) is 0 Å². The van der Waals surface area contributed by atoms with Crippen molar-refractivity contribution in [1.29, 1.82) is 0 Å². The van der Waals surface area contributed by atoms with E-state index in [2.05, 4.69) is 52.1 Å². The van der Waals surface area contributed by atoms with E-state index < -0.39 is 0 Å². The maximum atomic E-state index is 12.9. The van der Waals surface area contributed by atoms with Gasteiger partial charge in [-0.1, -0.05) is 19.9 Å². The summed E-state index contributed by atoms with van der Waals surface area (Å²) in [6.07, 6.45) is 5.55. The van der Waals surface area contributed by atoms with E-state index in [0.29, 0.717) is 18.1 Å². The molecule has 1 amide bonds. The van der Waals surface area contributed by atoms with Gasteiger partial charge >= 0.3 is 0 Å². The van der Waals surface area contributed by atoms with Crippen LogP contribution in [0.25, 0.3) is 22.3 Å². The maximum Gasteiger partial charge on any atom is 0.240 e. The second kappa shape index (κ2) is 8.61. The lowest BCUT2D eigenvalue weighted by atomic mass is 9.76. The van der Waals surface area contributed by atoms with Crippen LogP contribution in [0.4, 0.5) is 5.69 Å². The van der Waals surface area contributed by atoms with E-state index >= 15 is 0 Å². The van der Waals surface area contributed by atoms with Gasteiger partial charge in [0.15, 0.2) is 0 Å². The third kappa shape index (κ3) is 4.44. The first-order valence-corrected chi connectivity index (χ1v) is 12.0. The van der Waals surface area contributed by atoms with E-state index in [4.69, 9.17) is 4.74 Å². The zero-order valence-electron chi connectivity index (χ0n) is 20.2. The summed E-state index contributed by atoms with van der Waals surface area (Å²) in [5.41, 5.74) is 6.92. The van der Waals surface area contributed by atoms with Gasteiger partial charge in [0.2, 0.25) is 5.91 Å². The van der Waals surface area contributed by atoms with Gasteiger partial charge in [-0.3, -0.25) is 14.8 Å². The molecule has 176 valence electrons. The minimum Gasteiger partial charge on any atom is -0.381 e. The number of H-pyrrole nitrogens is 2. The molecule has 2 aromatic heterocycles. The first kappa shape index (κ1) is 22.2. The molecule has 0 saturated carbocycles. The molecule has 2 N–H and O–H groups in total. The normalized spacial score (nSPS) is 19.0. The summed E-state index contributed by atoms with van der Waals surface area (Å²) in [6, 6.07) is 8.34. The molecule has 3 heterocycles. The number of piperidine rings is 1. The Bertz CT molecular complexity index is 1150. The number of ether oxygens (including phenoxy) is 1. The summed E-state index contributed by atoms with van der Waals surface area (Å²) in [7, 11) is 3.63. The number of methoxy groups -OCH3 is 1. The highest BCUT2D eigenvalue weighted by molar-refractivity contribution is 5.97. The quantitative estimate of drug-likeness (QED) is 0.614. The van der Waals surface area contributed by atoms with Crippen molar-refractivity contribution in [3.05, 3.63) is 35.5 Å². The summed E-state index contributed by atoms with van der Waals surface area (Å²) in [6.45, 7) is 6.89. The fourth-order valence-corrected chi connectivity index (χ4v) is 5.27. The number of fused-ring (bicyclic) bond motifs is 2. The molecule has 3 aromatic rings.